The molecule has 1 amide bonds. The maximum absolute atomic E-state index is 13.6. The zero-order valence-corrected chi connectivity index (χ0v) is 18.4. The van der Waals surface area contributed by atoms with Gasteiger partial charge in [-0.15, -0.1) is 0 Å². The van der Waals surface area contributed by atoms with Gasteiger partial charge in [0.2, 0.25) is 0 Å². The maximum atomic E-state index is 13.6. The third kappa shape index (κ3) is 3.13. The molecule has 0 N–H and O–H groups in total. The Labute approximate surface area is 190 Å². The minimum Gasteiger partial charge on any atom is -0.361 e. The van der Waals surface area contributed by atoms with Crippen LogP contribution in [0.3, 0.4) is 0 Å². The summed E-state index contributed by atoms with van der Waals surface area (Å²) >= 11 is 0. The van der Waals surface area contributed by atoms with E-state index in [0.29, 0.717) is 23.4 Å². The first-order valence-electron chi connectivity index (χ1n) is 11.1. The highest BCUT2D eigenvalue weighted by atomic mass is 16.5. The molecule has 1 aromatic carbocycles. The van der Waals surface area contributed by atoms with Crippen LogP contribution in [0.15, 0.2) is 53.4 Å². The van der Waals surface area contributed by atoms with Gasteiger partial charge in [0, 0.05) is 29.7 Å². The maximum Gasteiger partial charge on any atom is 0.260 e. The molecule has 164 valence electrons. The van der Waals surface area contributed by atoms with E-state index in [1.807, 2.05) is 30.9 Å². The Morgan fingerprint density at radius 1 is 1.00 bits per heavy atom. The van der Waals surface area contributed by atoms with Crippen LogP contribution in [-0.2, 0) is 0 Å². The number of carbonyl (C=O) groups is 1. The van der Waals surface area contributed by atoms with Crippen molar-refractivity contribution in [3.05, 3.63) is 71.5 Å². The van der Waals surface area contributed by atoms with Crippen LogP contribution in [0, 0.1) is 19.8 Å². The largest absolute Gasteiger partial charge is 0.361 e. The van der Waals surface area contributed by atoms with Crippen LogP contribution in [0.2, 0.25) is 0 Å². The molecule has 1 aliphatic heterocycles. The molecule has 8 nitrogen and oxygen atoms in total. The van der Waals surface area contributed by atoms with E-state index in [4.69, 9.17) is 9.51 Å². The van der Waals surface area contributed by atoms with Crippen LogP contribution in [-0.4, -0.2) is 31.0 Å². The van der Waals surface area contributed by atoms with Gasteiger partial charge in [0.15, 0.2) is 11.6 Å². The fourth-order valence-corrected chi connectivity index (χ4v) is 4.92. The molecule has 0 spiro atoms. The lowest BCUT2D eigenvalue weighted by atomic mass is 9.76. The summed E-state index contributed by atoms with van der Waals surface area (Å²) in [6.45, 7) is 3.85. The number of fused-ring (bicyclic) bond motifs is 1. The summed E-state index contributed by atoms with van der Waals surface area (Å²) in [5, 5.41) is 4.10. The van der Waals surface area contributed by atoms with Gasteiger partial charge in [-0.1, -0.05) is 17.6 Å². The second kappa shape index (κ2) is 7.58. The summed E-state index contributed by atoms with van der Waals surface area (Å²) in [5.41, 5.74) is 4.61. The first-order chi connectivity index (χ1) is 16.1. The Bertz CT molecular complexity index is 1340. The summed E-state index contributed by atoms with van der Waals surface area (Å²) < 4.78 is 5.39. The molecule has 1 saturated carbocycles. The number of anilines is 1. The lowest BCUT2D eigenvalue weighted by molar-refractivity contribution is 0.0976. The van der Waals surface area contributed by atoms with Crippen LogP contribution >= 0.6 is 0 Å². The predicted octanol–water partition coefficient (Wildman–Crippen LogP) is 4.71. The highest BCUT2D eigenvalue weighted by molar-refractivity contribution is 6.11. The smallest absolute Gasteiger partial charge is 0.260 e. The average Bonchev–Trinajstić information content (AvgIpc) is 3.29. The van der Waals surface area contributed by atoms with E-state index in [1.165, 1.54) is 6.42 Å². The number of aromatic nitrogens is 5. The third-order valence-corrected chi connectivity index (χ3v) is 6.67. The fraction of sp³-hybridized carbons (Fsp3) is 0.280. The van der Waals surface area contributed by atoms with Crippen molar-refractivity contribution in [3.63, 3.8) is 0 Å². The van der Waals surface area contributed by atoms with E-state index < -0.39 is 0 Å². The van der Waals surface area contributed by atoms with E-state index in [-0.39, 0.29) is 11.9 Å². The Morgan fingerprint density at radius 3 is 2.48 bits per heavy atom. The van der Waals surface area contributed by atoms with Gasteiger partial charge in [-0.25, -0.2) is 19.9 Å². The first kappa shape index (κ1) is 19.7. The van der Waals surface area contributed by atoms with Gasteiger partial charge < -0.3 is 4.52 Å². The normalized spacial score (nSPS) is 17.8. The van der Waals surface area contributed by atoms with Gasteiger partial charge in [-0.2, -0.15) is 0 Å². The van der Waals surface area contributed by atoms with Crippen molar-refractivity contribution >= 4 is 11.7 Å². The standard InChI is InChI=1S/C25H22N6O2/c1-14-21(15(2)33-30-14)17-7-8-18-19(13-17)22(16-5-3-6-16)31(25(18)32)20-9-12-28-24(29-20)23-26-10-4-11-27-23/h4,7-13,16,22H,3,5-6H2,1-2H3. The Hall–Kier alpha value is -3.94. The Kier molecular flexibility index (Phi) is 4.53. The molecule has 0 radical (unpaired) electrons. The quantitative estimate of drug-likeness (QED) is 0.455. The number of aryl methyl sites for hydroxylation is 2. The fourth-order valence-electron chi connectivity index (χ4n) is 4.92. The lowest BCUT2D eigenvalue weighted by Gasteiger charge is -2.37. The molecule has 4 aromatic rings. The SMILES string of the molecule is Cc1noc(C)c1-c1ccc2c(c1)C(C1CCC1)N(c1ccnc(-c3ncccn3)n1)C2=O. The molecular weight excluding hydrogens is 416 g/mol. The number of rotatable bonds is 4. The van der Waals surface area contributed by atoms with Crippen molar-refractivity contribution < 1.29 is 9.32 Å². The average molecular weight is 438 g/mol. The van der Waals surface area contributed by atoms with Crippen molar-refractivity contribution in [3.8, 4) is 22.8 Å². The molecule has 0 saturated heterocycles. The van der Waals surface area contributed by atoms with Gasteiger partial charge in [-0.05, 0) is 68.0 Å². The predicted molar refractivity (Wildman–Crippen MR) is 121 cm³/mol. The molecule has 4 heterocycles. The molecular formula is C25H22N6O2. The monoisotopic (exact) mass is 438 g/mol. The van der Waals surface area contributed by atoms with Crippen molar-refractivity contribution in [2.75, 3.05) is 4.90 Å². The van der Waals surface area contributed by atoms with Crippen molar-refractivity contribution in [1.29, 1.82) is 0 Å². The van der Waals surface area contributed by atoms with Gasteiger partial charge >= 0.3 is 0 Å². The van der Waals surface area contributed by atoms with Crippen molar-refractivity contribution in [2.24, 2.45) is 5.92 Å². The molecule has 1 aliphatic carbocycles. The van der Waals surface area contributed by atoms with E-state index in [2.05, 4.69) is 26.2 Å². The molecule has 6 rings (SSSR count). The molecule has 33 heavy (non-hydrogen) atoms. The van der Waals surface area contributed by atoms with Crippen molar-refractivity contribution in [1.82, 2.24) is 25.1 Å². The molecule has 2 aliphatic rings. The molecule has 1 fully saturated rings. The molecule has 3 aromatic heterocycles. The van der Waals surface area contributed by atoms with Crippen LogP contribution < -0.4 is 4.90 Å². The molecule has 1 unspecified atom stereocenters. The Morgan fingerprint density at radius 2 is 1.79 bits per heavy atom. The van der Waals surface area contributed by atoms with Crippen LogP contribution in [0.4, 0.5) is 5.82 Å². The summed E-state index contributed by atoms with van der Waals surface area (Å²) in [6, 6.07) is 9.50. The lowest BCUT2D eigenvalue weighted by Crippen LogP contribution is -2.35. The minimum atomic E-state index is -0.0684. The topological polar surface area (TPSA) is 97.9 Å². The summed E-state index contributed by atoms with van der Waals surface area (Å²) in [5.74, 6) is 2.54. The van der Waals surface area contributed by atoms with Gasteiger partial charge in [0.1, 0.15) is 11.6 Å². The van der Waals surface area contributed by atoms with Crippen molar-refractivity contribution in [2.45, 2.75) is 39.2 Å². The van der Waals surface area contributed by atoms with Crippen LogP contribution in [0.1, 0.15) is 52.7 Å². The minimum absolute atomic E-state index is 0.0363. The van der Waals surface area contributed by atoms with E-state index in [0.717, 1.165) is 46.5 Å². The van der Waals surface area contributed by atoms with Crippen LogP contribution in [0.5, 0.6) is 0 Å². The first-order valence-corrected chi connectivity index (χ1v) is 11.1. The second-order valence-corrected chi connectivity index (χ2v) is 8.62. The highest BCUT2D eigenvalue weighted by Crippen LogP contribution is 2.49. The number of hydrogen-bond donors (Lipinski definition) is 0. The second-order valence-electron chi connectivity index (χ2n) is 8.62. The van der Waals surface area contributed by atoms with Gasteiger partial charge in [0.05, 0.1) is 11.7 Å². The number of amides is 1. The Balaban J connectivity index is 1.46. The molecule has 8 heteroatoms. The number of benzene rings is 1. The van der Waals surface area contributed by atoms with Gasteiger partial charge in [-0.3, -0.25) is 9.69 Å². The number of hydrogen-bond acceptors (Lipinski definition) is 7. The molecule has 1 atom stereocenters. The zero-order valence-electron chi connectivity index (χ0n) is 18.4. The number of nitrogens with zero attached hydrogens (tertiary/aromatic N) is 6. The van der Waals surface area contributed by atoms with Crippen LogP contribution in [0.25, 0.3) is 22.8 Å². The van der Waals surface area contributed by atoms with E-state index in [1.54, 1.807) is 30.7 Å². The van der Waals surface area contributed by atoms with E-state index in [9.17, 15) is 4.79 Å². The summed E-state index contributed by atoms with van der Waals surface area (Å²) in [6.07, 6.45) is 8.32. The highest BCUT2D eigenvalue weighted by Gasteiger charge is 2.44. The summed E-state index contributed by atoms with van der Waals surface area (Å²) in [7, 11) is 0. The molecule has 0 bridgehead atoms. The summed E-state index contributed by atoms with van der Waals surface area (Å²) in [4.78, 5) is 33.0. The van der Waals surface area contributed by atoms with E-state index >= 15 is 0 Å². The third-order valence-electron chi connectivity index (χ3n) is 6.67. The zero-order chi connectivity index (χ0) is 22.5. The van der Waals surface area contributed by atoms with Gasteiger partial charge in [0.25, 0.3) is 5.91 Å². The number of carbonyl (C=O) groups excluding carboxylic acids is 1.